The number of hydrogen-bond donors (Lipinski definition) is 1. The van der Waals surface area contributed by atoms with E-state index in [1.165, 1.54) is 6.08 Å². The summed E-state index contributed by atoms with van der Waals surface area (Å²) in [6.07, 6.45) is 1.17. The van der Waals surface area contributed by atoms with Gasteiger partial charge in [0.2, 0.25) is 6.08 Å². The second-order valence-corrected chi connectivity index (χ2v) is 2.64. The Bertz CT molecular complexity index is 453. The maximum atomic E-state index is 13.0. The van der Waals surface area contributed by atoms with Crippen LogP contribution in [0.3, 0.4) is 0 Å². The molecule has 1 rings (SSSR count). The molecule has 4 nitrogen and oxygen atoms in total. The summed E-state index contributed by atoms with van der Waals surface area (Å²) in [6, 6.07) is 1.24. The van der Waals surface area contributed by atoms with Crippen LogP contribution < -0.4 is 0 Å². The molecular weight excluding hydrogens is 208 g/mol. The van der Waals surface area contributed by atoms with E-state index < -0.39 is 23.2 Å². The summed E-state index contributed by atoms with van der Waals surface area (Å²) in [7, 11) is 0. The summed E-state index contributed by atoms with van der Waals surface area (Å²) >= 11 is 0. The van der Waals surface area contributed by atoms with Crippen LogP contribution in [0.1, 0.15) is 15.9 Å². The van der Waals surface area contributed by atoms with Crippen LogP contribution in [0.4, 0.5) is 8.78 Å². The average Bonchev–Trinajstić information content (AvgIpc) is 2.16. The van der Waals surface area contributed by atoms with Crippen molar-refractivity contribution >= 4 is 12.0 Å². The van der Waals surface area contributed by atoms with Gasteiger partial charge in [0.05, 0.1) is 12.1 Å². The molecule has 0 saturated carbocycles. The minimum atomic E-state index is -1.51. The molecule has 0 bridgehead atoms. The summed E-state index contributed by atoms with van der Waals surface area (Å²) in [4.78, 5) is 23.3. The van der Waals surface area contributed by atoms with Crippen LogP contribution in [0, 0.1) is 11.6 Å². The predicted octanol–water partition coefficient (Wildman–Crippen LogP) is 1.50. The van der Waals surface area contributed by atoms with Crippen molar-refractivity contribution < 1.29 is 23.5 Å². The zero-order valence-electron chi connectivity index (χ0n) is 7.33. The first-order valence-corrected chi connectivity index (χ1v) is 3.81. The van der Waals surface area contributed by atoms with Crippen LogP contribution in [0.25, 0.3) is 0 Å². The minimum Gasteiger partial charge on any atom is -0.478 e. The van der Waals surface area contributed by atoms with Gasteiger partial charge in [-0.1, -0.05) is 0 Å². The van der Waals surface area contributed by atoms with Crippen molar-refractivity contribution in [1.29, 1.82) is 0 Å². The van der Waals surface area contributed by atoms with Crippen LogP contribution in [-0.4, -0.2) is 17.2 Å². The van der Waals surface area contributed by atoms with Gasteiger partial charge in [0.25, 0.3) is 0 Å². The molecule has 0 radical (unpaired) electrons. The Morgan fingerprint density at radius 2 is 2.07 bits per heavy atom. The van der Waals surface area contributed by atoms with Gasteiger partial charge >= 0.3 is 5.97 Å². The minimum absolute atomic E-state index is 0.169. The van der Waals surface area contributed by atoms with E-state index >= 15 is 0 Å². The van der Waals surface area contributed by atoms with Crippen LogP contribution in [0.15, 0.2) is 17.1 Å². The number of halogens is 2. The number of aliphatic imine (C=N–C) groups is 1. The summed E-state index contributed by atoms with van der Waals surface area (Å²) in [6.45, 7) is -0.365. The summed E-state index contributed by atoms with van der Waals surface area (Å²) in [5.41, 5.74) is -0.829. The summed E-state index contributed by atoms with van der Waals surface area (Å²) in [5, 5.41) is 8.54. The van der Waals surface area contributed by atoms with Gasteiger partial charge in [0, 0.05) is 11.6 Å². The fourth-order valence-electron chi connectivity index (χ4n) is 0.996. The standard InChI is InChI=1S/C9H5F2NO3/c10-7-2-8(11)6(9(14)15)1-5(7)3-12-4-13/h1-2H,3H2,(H,14,15). The summed E-state index contributed by atoms with van der Waals surface area (Å²) < 4.78 is 25.9. The van der Waals surface area contributed by atoms with Gasteiger partial charge in [0.1, 0.15) is 11.6 Å². The van der Waals surface area contributed by atoms with E-state index in [0.717, 1.165) is 6.07 Å². The topological polar surface area (TPSA) is 66.7 Å². The molecule has 0 spiro atoms. The fourth-order valence-corrected chi connectivity index (χ4v) is 0.996. The van der Waals surface area contributed by atoms with E-state index in [9.17, 15) is 18.4 Å². The Balaban J connectivity index is 3.22. The van der Waals surface area contributed by atoms with Gasteiger partial charge in [-0.05, 0) is 6.07 Å². The zero-order valence-corrected chi connectivity index (χ0v) is 7.33. The lowest BCUT2D eigenvalue weighted by atomic mass is 10.1. The van der Waals surface area contributed by atoms with Crippen molar-refractivity contribution in [2.45, 2.75) is 6.54 Å². The molecule has 0 fully saturated rings. The van der Waals surface area contributed by atoms with Crippen molar-refractivity contribution in [1.82, 2.24) is 0 Å². The molecule has 0 heterocycles. The van der Waals surface area contributed by atoms with Gasteiger partial charge in [-0.2, -0.15) is 0 Å². The average molecular weight is 213 g/mol. The van der Waals surface area contributed by atoms with Crippen LogP contribution in [0.5, 0.6) is 0 Å². The zero-order chi connectivity index (χ0) is 11.4. The molecule has 1 N–H and O–H groups in total. The van der Waals surface area contributed by atoms with Gasteiger partial charge < -0.3 is 5.11 Å². The maximum Gasteiger partial charge on any atom is 0.338 e. The molecular formula is C9H5F2NO3. The number of carbonyl (C=O) groups excluding carboxylic acids is 1. The van der Waals surface area contributed by atoms with Crippen LogP contribution in [-0.2, 0) is 11.3 Å². The third kappa shape index (κ3) is 2.45. The van der Waals surface area contributed by atoms with E-state index in [2.05, 4.69) is 4.99 Å². The van der Waals surface area contributed by atoms with Crippen molar-refractivity contribution in [3.63, 3.8) is 0 Å². The molecule has 1 aromatic carbocycles. The van der Waals surface area contributed by atoms with E-state index in [-0.39, 0.29) is 12.1 Å². The monoisotopic (exact) mass is 213 g/mol. The highest BCUT2D eigenvalue weighted by Crippen LogP contribution is 2.15. The molecule has 0 saturated heterocycles. The first-order valence-electron chi connectivity index (χ1n) is 3.81. The lowest BCUT2D eigenvalue weighted by Gasteiger charge is -2.02. The van der Waals surface area contributed by atoms with Crippen molar-refractivity contribution in [2.75, 3.05) is 0 Å². The van der Waals surface area contributed by atoms with Crippen molar-refractivity contribution in [2.24, 2.45) is 4.99 Å². The number of rotatable bonds is 3. The Kier molecular flexibility index (Phi) is 3.25. The van der Waals surface area contributed by atoms with E-state index in [0.29, 0.717) is 6.07 Å². The molecule has 0 atom stereocenters. The largest absolute Gasteiger partial charge is 0.478 e. The Labute approximate surface area is 82.9 Å². The Morgan fingerprint density at radius 3 is 2.60 bits per heavy atom. The molecule has 0 amide bonds. The molecule has 15 heavy (non-hydrogen) atoms. The highest BCUT2D eigenvalue weighted by molar-refractivity contribution is 5.88. The molecule has 6 heteroatoms. The second-order valence-electron chi connectivity index (χ2n) is 2.64. The van der Waals surface area contributed by atoms with E-state index in [1.807, 2.05) is 0 Å². The van der Waals surface area contributed by atoms with Gasteiger partial charge in [0.15, 0.2) is 0 Å². The third-order valence-electron chi connectivity index (χ3n) is 1.68. The molecule has 0 aliphatic carbocycles. The highest BCUT2D eigenvalue weighted by Gasteiger charge is 2.14. The van der Waals surface area contributed by atoms with Crippen LogP contribution >= 0.6 is 0 Å². The SMILES string of the molecule is O=C=NCc1cc(C(=O)O)c(F)cc1F. The van der Waals surface area contributed by atoms with E-state index in [4.69, 9.17) is 5.11 Å². The second kappa shape index (κ2) is 4.43. The molecule has 0 aliphatic rings. The molecule has 78 valence electrons. The van der Waals surface area contributed by atoms with Gasteiger partial charge in [-0.25, -0.2) is 23.4 Å². The summed E-state index contributed by atoms with van der Waals surface area (Å²) in [5.74, 6) is -3.63. The maximum absolute atomic E-state index is 13.0. The van der Waals surface area contributed by atoms with Gasteiger partial charge in [-0.3, -0.25) is 0 Å². The number of benzene rings is 1. The Morgan fingerprint density at radius 1 is 1.40 bits per heavy atom. The lowest BCUT2D eigenvalue weighted by Crippen LogP contribution is -2.03. The number of carboxylic acids is 1. The molecule has 0 aliphatic heterocycles. The van der Waals surface area contributed by atoms with Crippen molar-refractivity contribution in [3.05, 3.63) is 34.9 Å². The van der Waals surface area contributed by atoms with Crippen LogP contribution in [0.2, 0.25) is 0 Å². The number of carbonyl (C=O) groups is 1. The molecule has 0 unspecified atom stereocenters. The number of nitrogens with zero attached hydrogens (tertiary/aromatic N) is 1. The predicted molar refractivity (Wildman–Crippen MR) is 45.1 cm³/mol. The number of aromatic carboxylic acids is 1. The van der Waals surface area contributed by atoms with E-state index in [1.54, 1.807) is 0 Å². The normalized spacial score (nSPS) is 9.47. The quantitative estimate of drug-likeness (QED) is 0.611. The first-order chi connectivity index (χ1) is 7.06. The molecule has 0 aromatic heterocycles. The Hall–Kier alpha value is -2.07. The number of carboxylic acid groups (broad SMARTS) is 1. The first kappa shape index (κ1) is 11.0. The fraction of sp³-hybridized carbons (Fsp3) is 0.111. The smallest absolute Gasteiger partial charge is 0.338 e. The lowest BCUT2D eigenvalue weighted by molar-refractivity contribution is 0.0691. The van der Waals surface area contributed by atoms with Crippen molar-refractivity contribution in [3.8, 4) is 0 Å². The molecule has 1 aromatic rings. The number of hydrogen-bond acceptors (Lipinski definition) is 3. The highest BCUT2D eigenvalue weighted by atomic mass is 19.1. The number of isocyanates is 1. The third-order valence-corrected chi connectivity index (χ3v) is 1.68. The van der Waals surface area contributed by atoms with Gasteiger partial charge in [-0.15, -0.1) is 0 Å².